The van der Waals surface area contributed by atoms with E-state index in [1.54, 1.807) is 0 Å². The second kappa shape index (κ2) is 4.44. The Morgan fingerprint density at radius 2 is 2.12 bits per heavy atom. The first-order chi connectivity index (χ1) is 7.72. The maximum absolute atomic E-state index is 3.46. The average molecular weight is 214 g/mol. The van der Waals surface area contributed by atoms with Gasteiger partial charge in [0.2, 0.25) is 0 Å². The Balaban J connectivity index is 2.43. The molecule has 84 valence electrons. The number of allylic oxidation sites excluding steroid dienone is 2. The topological polar surface area (TPSA) is 27.8 Å². The molecule has 2 aromatic rings. The summed E-state index contributed by atoms with van der Waals surface area (Å²) < 4.78 is 0. The number of benzene rings is 1. The summed E-state index contributed by atoms with van der Waals surface area (Å²) in [5, 5.41) is 4.72. The van der Waals surface area contributed by atoms with Crippen LogP contribution in [0, 0.1) is 6.92 Å². The number of rotatable bonds is 3. The minimum atomic E-state index is 1.06. The predicted molar refractivity (Wildman–Crippen MR) is 70.7 cm³/mol. The third-order valence-electron chi connectivity index (χ3n) is 2.73. The summed E-state index contributed by atoms with van der Waals surface area (Å²) in [4.78, 5) is 3.38. The van der Waals surface area contributed by atoms with Crippen molar-refractivity contribution in [3.63, 3.8) is 0 Å². The highest BCUT2D eigenvalue weighted by Gasteiger charge is 2.06. The van der Waals surface area contributed by atoms with Crippen LogP contribution in [0.2, 0.25) is 0 Å². The summed E-state index contributed by atoms with van der Waals surface area (Å²) in [7, 11) is 0. The van der Waals surface area contributed by atoms with Gasteiger partial charge in [-0.3, -0.25) is 0 Å². The van der Waals surface area contributed by atoms with Gasteiger partial charge in [0.25, 0.3) is 0 Å². The number of aromatic nitrogens is 1. The maximum Gasteiger partial charge on any atom is 0.0669 e. The van der Waals surface area contributed by atoms with E-state index in [0.29, 0.717) is 0 Å². The molecule has 1 heterocycles. The second-order valence-electron chi connectivity index (χ2n) is 4.09. The van der Waals surface area contributed by atoms with Crippen LogP contribution in [0.15, 0.2) is 36.0 Å². The van der Waals surface area contributed by atoms with Gasteiger partial charge in [-0.1, -0.05) is 31.2 Å². The number of fused-ring (bicyclic) bond motifs is 1. The standard InChI is InChI=1S/C14H18N2/c1-4-7-10(2)15-14-11(3)16-13-9-6-5-8-12(13)14/h5-9,15-16H,4H2,1-3H3/b10-7-. The molecule has 0 saturated heterocycles. The van der Waals surface area contributed by atoms with Crippen LogP contribution >= 0.6 is 0 Å². The zero-order valence-corrected chi connectivity index (χ0v) is 10.1. The Kier molecular flexibility index (Phi) is 3.00. The maximum atomic E-state index is 3.46. The molecule has 1 aromatic heterocycles. The van der Waals surface area contributed by atoms with Crippen molar-refractivity contribution in [3.05, 3.63) is 41.7 Å². The van der Waals surface area contributed by atoms with E-state index >= 15 is 0 Å². The van der Waals surface area contributed by atoms with Crippen molar-refractivity contribution in [2.75, 3.05) is 5.32 Å². The van der Waals surface area contributed by atoms with Gasteiger partial charge < -0.3 is 10.3 Å². The molecule has 2 N–H and O–H groups in total. The average Bonchev–Trinajstić information content (AvgIpc) is 2.56. The monoisotopic (exact) mass is 214 g/mol. The normalized spacial score (nSPS) is 12.1. The number of anilines is 1. The number of nitrogens with one attached hydrogen (secondary N) is 2. The third-order valence-corrected chi connectivity index (χ3v) is 2.73. The first kappa shape index (κ1) is 10.8. The predicted octanol–water partition coefficient (Wildman–Crippen LogP) is 4.20. The summed E-state index contributed by atoms with van der Waals surface area (Å²) in [5.74, 6) is 0. The van der Waals surface area contributed by atoms with Crippen LogP contribution < -0.4 is 5.32 Å². The lowest BCUT2D eigenvalue weighted by Gasteiger charge is -2.06. The van der Waals surface area contributed by atoms with Crippen LogP contribution in [0.5, 0.6) is 0 Å². The van der Waals surface area contributed by atoms with Crippen LogP contribution in [0.1, 0.15) is 26.0 Å². The molecule has 0 aliphatic heterocycles. The van der Waals surface area contributed by atoms with Gasteiger partial charge in [0, 0.05) is 22.3 Å². The Morgan fingerprint density at radius 1 is 1.38 bits per heavy atom. The number of para-hydroxylation sites is 1. The smallest absolute Gasteiger partial charge is 0.0669 e. The highest BCUT2D eigenvalue weighted by atomic mass is 14.9. The fraction of sp³-hybridized carbons (Fsp3) is 0.286. The molecule has 0 saturated carbocycles. The van der Waals surface area contributed by atoms with Crippen molar-refractivity contribution in [1.82, 2.24) is 4.98 Å². The van der Waals surface area contributed by atoms with Gasteiger partial charge in [-0.15, -0.1) is 0 Å². The van der Waals surface area contributed by atoms with Crippen molar-refractivity contribution in [2.45, 2.75) is 27.2 Å². The fourth-order valence-electron chi connectivity index (χ4n) is 1.99. The molecule has 0 atom stereocenters. The van der Waals surface area contributed by atoms with Gasteiger partial charge in [-0.05, 0) is 26.3 Å². The number of aromatic amines is 1. The third kappa shape index (κ3) is 1.96. The van der Waals surface area contributed by atoms with Gasteiger partial charge in [0.15, 0.2) is 0 Å². The molecule has 0 unspecified atom stereocenters. The lowest BCUT2D eigenvalue weighted by Crippen LogP contribution is -1.96. The zero-order valence-electron chi connectivity index (χ0n) is 10.1. The van der Waals surface area contributed by atoms with Crippen LogP contribution in [0.4, 0.5) is 5.69 Å². The van der Waals surface area contributed by atoms with E-state index in [1.165, 1.54) is 28.0 Å². The lowest BCUT2D eigenvalue weighted by atomic mass is 10.2. The zero-order chi connectivity index (χ0) is 11.5. The van der Waals surface area contributed by atoms with Crippen molar-refractivity contribution < 1.29 is 0 Å². The highest BCUT2D eigenvalue weighted by molar-refractivity contribution is 5.94. The Morgan fingerprint density at radius 3 is 2.88 bits per heavy atom. The number of H-pyrrole nitrogens is 1. The van der Waals surface area contributed by atoms with Crippen LogP contribution in [0.3, 0.4) is 0 Å². The van der Waals surface area contributed by atoms with Gasteiger partial charge in [0.1, 0.15) is 0 Å². The Hall–Kier alpha value is -1.70. The summed E-state index contributed by atoms with van der Waals surface area (Å²) >= 11 is 0. The molecule has 0 aliphatic rings. The molecular formula is C14H18N2. The Bertz CT molecular complexity index is 521. The van der Waals surface area contributed by atoms with Crippen LogP contribution in [0.25, 0.3) is 10.9 Å². The fourth-order valence-corrected chi connectivity index (χ4v) is 1.99. The number of hydrogen-bond acceptors (Lipinski definition) is 1. The molecule has 2 rings (SSSR count). The van der Waals surface area contributed by atoms with Crippen LogP contribution in [-0.4, -0.2) is 4.98 Å². The van der Waals surface area contributed by atoms with Gasteiger partial charge in [-0.2, -0.15) is 0 Å². The van der Waals surface area contributed by atoms with E-state index in [1.807, 2.05) is 0 Å². The highest BCUT2D eigenvalue weighted by Crippen LogP contribution is 2.27. The SMILES string of the molecule is CC/C=C(/C)Nc1c(C)[nH]c2ccccc12. The van der Waals surface area contributed by atoms with E-state index in [4.69, 9.17) is 0 Å². The Labute approximate surface area is 96.4 Å². The molecule has 16 heavy (non-hydrogen) atoms. The number of hydrogen-bond donors (Lipinski definition) is 2. The first-order valence-electron chi connectivity index (χ1n) is 5.73. The molecule has 0 fully saturated rings. The lowest BCUT2D eigenvalue weighted by molar-refractivity contribution is 1.17. The van der Waals surface area contributed by atoms with E-state index in [-0.39, 0.29) is 0 Å². The van der Waals surface area contributed by atoms with E-state index in [9.17, 15) is 0 Å². The molecular weight excluding hydrogens is 196 g/mol. The van der Waals surface area contributed by atoms with Gasteiger partial charge >= 0.3 is 0 Å². The molecule has 2 nitrogen and oxygen atoms in total. The van der Waals surface area contributed by atoms with Crippen LogP contribution in [-0.2, 0) is 0 Å². The van der Waals surface area contributed by atoms with Crippen molar-refractivity contribution >= 4 is 16.6 Å². The first-order valence-corrected chi connectivity index (χ1v) is 5.73. The van der Waals surface area contributed by atoms with E-state index in [2.05, 4.69) is 61.4 Å². The molecule has 2 heteroatoms. The number of aryl methyl sites for hydroxylation is 1. The molecule has 1 aromatic carbocycles. The molecule has 0 bridgehead atoms. The van der Waals surface area contributed by atoms with Crippen molar-refractivity contribution in [3.8, 4) is 0 Å². The van der Waals surface area contributed by atoms with Gasteiger partial charge in [0.05, 0.1) is 5.69 Å². The summed E-state index contributed by atoms with van der Waals surface area (Å²) in [6, 6.07) is 8.36. The second-order valence-corrected chi connectivity index (χ2v) is 4.09. The molecule has 0 amide bonds. The summed E-state index contributed by atoms with van der Waals surface area (Å²) in [6.45, 7) is 6.35. The quantitative estimate of drug-likeness (QED) is 0.787. The summed E-state index contributed by atoms with van der Waals surface area (Å²) in [6.07, 6.45) is 3.25. The van der Waals surface area contributed by atoms with Gasteiger partial charge in [-0.25, -0.2) is 0 Å². The minimum absolute atomic E-state index is 1.06. The molecule has 0 aliphatic carbocycles. The van der Waals surface area contributed by atoms with E-state index in [0.717, 1.165) is 6.42 Å². The summed E-state index contributed by atoms with van der Waals surface area (Å²) in [5.41, 5.74) is 4.77. The van der Waals surface area contributed by atoms with Crippen molar-refractivity contribution in [2.24, 2.45) is 0 Å². The largest absolute Gasteiger partial charge is 0.358 e. The van der Waals surface area contributed by atoms with Crippen molar-refractivity contribution in [1.29, 1.82) is 0 Å². The molecule has 0 radical (unpaired) electrons. The molecule has 0 spiro atoms. The minimum Gasteiger partial charge on any atom is -0.358 e. The van der Waals surface area contributed by atoms with E-state index < -0.39 is 0 Å².